The van der Waals surface area contributed by atoms with Crippen LogP contribution in [0.2, 0.25) is 0 Å². The lowest BCUT2D eigenvalue weighted by atomic mass is 10.1. The highest BCUT2D eigenvalue weighted by atomic mass is 16.5. The Balaban J connectivity index is 1.52. The zero-order valence-corrected chi connectivity index (χ0v) is 13.3. The number of benzene rings is 2. The Labute approximate surface area is 143 Å². The van der Waals surface area contributed by atoms with E-state index in [0.717, 1.165) is 16.3 Å². The second-order valence-electron chi connectivity index (χ2n) is 5.73. The van der Waals surface area contributed by atoms with E-state index < -0.39 is 0 Å². The number of nitrogens with zero attached hydrogens (tertiary/aromatic N) is 1. The Morgan fingerprint density at radius 3 is 3.00 bits per heavy atom. The van der Waals surface area contributed by atoms with E-state index in [9.17, 15) is 9.59 Å². The molecule has 25 heavy (non-hydrogen) atoms. The van der Waals surface area contributed by atoms with Gasteiger partial charge in [-0.15, -0.1) is 0 Å². The highest BCUT2D eigenvalue weighted by molar-refractivity contribution is 6.05. The third-order valence-corrected chi connectivity index (χ3v) is 4.02. The molecule has 2 N–H and O–H groups in total. The molecule has 0 bridgehead atoms. The molecule has 0 fully saturated rings. The summed E-state index contributed by atoms with van der Waals surface area (Å²) in [6.45, 7) is 0.350. The minimum absolute atomic E-state index is 0.0236. The summed E-state index contributed by atoms with van der Waals surface area (Å²) < 4.78 is 5.32. The van der Waals surface area contributed by atoms with E-state index in [1.807, 2.05) is 36.4 Å². The van der Waals surface area contributed by atoms with Gasteiger partial charge in [0.1, 0.15) is 11.4 Å². The highest BCUT2D eigenvalue weighted by Gasteiger charge is 2.16. The predicted octanol–water partition coefficient (Wildman–Crippen LogP) is 2.50. The van der Waals surface area contributed by atoms with Crippen molar-refractivity contribution < 1.29 is 14.3 Å². The molecule has 6 nitrogen and oxygen atoms in total. The van der Waals surface area contributed by atoms with Gasteiger partial charge in [0.2, 0.25) is 0 Å². The number of carbonyl (C=O) groups is 2. The van der Waals surface area contributed by atoms with Crippen molar-refractivity contribution >= 4 is 28.3 Å². The normalized spacial score (nSPS) is 12.9. The number of anilines is 1. The maximum absolute atomic E-state index is 12.5. The fraction of sp³-hybridized carbons (Fsp3) is 0.105. The molecule has 2 amide bonds. The van der Waals surface area contributed by atoms with Gasteiger partial charge in [0.05, 0.1) is 5.69 Å². The van der Waals surface area contributed by atoms with Gasteiger partial charge in [-0.3, -0.25) is 14.6 Å². The van der Waals surface area contributed by atoms with Crippen LogP contribution in [0.3, 0.4) is 0 Å². The van der Waals surface area contributed by atoms with Crippen molar-refractivity contribution in [3.8, 4) is 5.75 Å². The molecule has 3 aromatic rings. The molecule has 0 aliphatic carbocycles. The van der Waals surface area contributed by atoms with Crippen molar-refractivity contribution in [1.29, 1.82) is 0 Å². The van der Waals surface area contributed by atoms with Crippen LogP contribution >= 0.6 is 0 Å². The molecule has 4 rings (SSSR count). The average Bonchev–Trinajstić information content (AvgIpc) is 2.65. The van der Waals surface area contributed by atoms with Gasteiger partial charge in [-0.1, -0.05) is 30.3 Å². The van der Waals surface area contributed by atoms with Crippen LogP contribution in [0.15, 0.2) is 54.7 Å². The van der Waals surface area contributed by atoms with E-state index in [4.69, 9.17) is 4.74 Å². The van der Waals surface area contributed by atoms with Crippen LogP contribution in [-0.2, 0) is 11.3 Å². The van der Waals surface area contributed by atoms with E-state index >= 15 is 0 Å². The zero-order chi connectivity index (χ0) is 17.2. The summed E-state index contributed by atoms with van der Waals surface area (Å²) >= 11 is 0. The first-order valence-electron chi connectivity index (χ1n) is 7.88. The molecule has 0 unspecified atom stereocenters. The average molecular weight is 333 g/mol. The van der Waals surface area contributed by atoms with Crippen LogP contribution < -0.4 is 15.4 Å². The molecular formula is C19H15N3O3. The standard InChI is InChI=1S/C19H15N3O3/c23-17-11-25-16-6-5-12(9-15(16)22-17)10-21-19(24)18-14-4-2-1-3-13(14)7-8-20-18/h1-9H,10-11H2,(H,21,24)(H,22,23). The molecule has 0 atom stereocenters. The van der Waals surface area contributed by atoms with Crippen LogP contribution in [-0.4, -0.2) is 23.4 Å². The number of rotatable bonds is 3. The number of hydrogen-bond donors (Lipinski definition) is 2. The molecule has 1 aliphatic rings. The SMILES string of the molecule is O=C1COc2ccc(CNC(=O)c3nccc4ccccc34)cc2N1. The summed E-state index contributed by atoms with van der Waals surface area (Å²) in [5.74, 6) is 0.203. The largest absolute Gasteiger partial charge is 0.482 e. The molecule has 2 heterocycles. The van der Waals surface area contributed by atoms with Crippen molar-refractivity contribution in [2.24, 2.45) is 0 Å². The quantitative estimate of drug-likeness (QED) is 0.772. The maximum Gasteiger partial charge on any atom is 0.270 e. The molecule has 124 valence electrons. The van der Waals surface area contributed by atoms with Gasteiger partial charge in [0, 0.05) is 18.1 Å². The third kappa shape index (κ3) is 3.01. The van der Waals surface area contributed by atoms with E-state index in [1.54, 1.807) is 18.3 Å². The van der Waals surface area contributed by atoms with Crippen LogP contribution in [0.1, 0.15) is 16.1 Å². The molecule has 0 radical (unpaired) electrons. The summed E-state index contributed by atoms with van der Waals surface area (Å²) in [6.07, 6.45) is 1.63. The minimum Gasteiger partial charge on any atom is -0.482 e. The van der Waals surface area contributed by atoms with E-state index in [1.165, 1.54) is 0 Å². The lowest BCUT2D eigenvalue weighted by Gasteiger charge is -2.18. The second kappa shape index (κ2) is 6.24. The Morgan fingerprint density at radius 1 is 1.20 bits per heavy atom. The van der Waals surface area contributed by atoms with Gasteiger partial charge in [0.25, 0.3) is 11.8 Å². The summed E-state index contributed by atoms with van der Waals surface area (Å²) in [5, 5.41) is 7.41. The van der Waals surface area contributed by atoms with Crippen LogP contribution in [0.25, 0.3) is 10.8 Å². The number of amides is 2. The van der Waals surface area contributed by atoms with E-state index in [2.05, 4.69) is 15.6 Å². The first-order chi connectivity index (χ1) is 12.2. The topological polar surface area (TPSA) is 80.3 Å². The number of aromatic nitrogens is 1. The molecule has 1 aromatic heterocycles. The second-order valence-corrected chi connectivity index (χ2v) is 5.73. The number of hydrogen-bond acceptors (Lipinski definition) is 4. The number of pyridine rings is 1. The van der Waals surface area contributed by atoms with Gasteiger partial charge in [0.15, 0.2) is 6.61 Å². The maximum atomic E-state index is 12.5. The minimum atomic E-state index is -0.241. The monoisotopic (exact) mass is 333 g/mol. The summed E-state index contributed by atoms with van der Waals surface area (Å²) in [5.41, 5.74) is 1.87. The first kappa shape index (κ1) is 15.1. The summed E-state index contributed by atoms with van der Waals surface area (Å²) in [4.78, 5) is 28.1. The van der Waals surface area contributed by atoms with Crippen molar-refractivity contribution in [1.82, 2.24) is 10.3 Å². The Morgan fingerprint density at radius 2 is 2.08 bits per heavy atom. The van der Waals surface area contributed by atoms with Crippen molar-refractivity contribution in [3.63, 3.8) is 0 Å². The first-order valence-corrected chi connectivity index (χ1v) is 7.88. The number of fused-ring (bicyclic) bond motifs is 2. The molecule has 0 spiro atoms. The Kier molecular flexibility index (Phi) is 3.78. The molecule has 6 heteroatoms. The van der Waals surface area contributed by atoms with Crippen molar-refractivity contribution in [2.75, 3.05) is 11.9 Å². The van der Waals surface area contributed by atoms with Gasteiger partial charge in [-0.05, 0) is 29.1 Å². The molecule has 2 aromatic carbocycles. The lowest BCUT2D eigenvalue weighted by Crippen LogP contribution is -2.26. The number of nitrogens with one attached hydrogen (secondary N) is 2. The third-order valence-electron chi connectivity index (χ3n) is 4.02. The summed E-state index contributed by atoms with van der Waals surface area (Å²) in [7, 11) is 0. The van der Waals surface area contributed by atoms with Crippen molar-refractivity contribution in [3.05, 3.63) is 66.0 Å². The smallest absolute Gasteiger partial charge is 0.270 e. The molecule has 0 saturated carbocycles. The molecule has 1 aliphatic heterocycles. The fourth-order valence-electron chi connectivity index (χ4n) is 2.81. The zero-order valence-electron chi connectivity index (χ0n) is 13.3. The van der Waals surface area contributed by atoms with Crippen LogP contribution in [0.4, 0.5) is 5.69 Å². The Hall–Kier alpha value is -3.41. The van der Waals surface area contributed by atoms with Gasteiger partial charge >= 0.3 is 0 Å². The highest BCUT2D eigenvalue weighted by Crippen LogP contribution is 2.28. The Bertz CT molecular complexity index is 979. The number of ether oxygens (including phenoxy) is 1. The van der Waals surface area contributed by atoms with Crippen LogP contribution in [0.5, 0.6) is 5.75 Å². The fourth-order valence-corrected chi connectivity index (χ4v) is 2.81. The lowest BCUT2D eigenvalue weighted by molar-refractivity contribution is -0.118. The van der Waals surface area contributed by atoms with Gasteiger partial charge in [-0.2, -0.15) is 0 Å². The van der Waals surface area contributed by atoms with Crippen molar-refractivity contribution in [2.45, 2.75) is 6.54 Å². The predicted molar refractivity (Wildman–Crippen MR) is 93.5 cm³/mol. The van der Waals surface area contributed by atoms with Gasteiger partial charge < -0.3 is 15.4 Å². The van der Waals surface area contributed by atoms with E-state index in [0.29, 0.717) is 23.7 Å². The number of carbonyl (C=O) groups excluding carboxylic acids is 2. The van der Waals surface area contributed by atoms with Gasteiger partial charge in [-0.25, -0.2) is 0 Å². The van der Waals surface area contributed by atoms with Crippen LogP contribution in [0, 0.1) is 0 Å². The molecular weight excluding hydrogens is 318 g/mol. The van der Waals surface area contributed by atoms with E-state index in [-0.39, 0.29) is 18.4 Å². The molecule has 0 saturated heterocycles. The summed E-state index contributed by atoms with van der Waals surface area (Å²) in [6, 6.07) is 14.9.